The first-order valence-electron chi connectivity index (χ1n) is 15.5. The Labute approximate surface area is 239 Å². The van der Waals surface area contributed by atoms with Gasteiger partial charge in [0.1, 0.15) is 11.5 Å². The van der Waals surface area contributed by atoms with Crippen molar-refractivity contribution in [1.29, 1.82) is 0 Å². The predicted octanol–water partition coefficient (Wildman–Crippen LogP) is 7.07. The van der Waals surface area contributed by atoms with E-state index in [4.69, 9.17) is 15.3 Å². The molecular formula is C34H46N2O4. The number of aliphatic hydroxyl groups excluding tert-OH is 1. The lowest BCUT2D eigenvalue weighted by Gasteiger charge is -2.60. The van der Waals surface area contributed by atoms with Crippen molar-refractivity contribution in [3.05, 3.63) is 42.2 Å². The lowest BCUT2D eigenvalue weighted by Crippen LogP contribution is -2.54. The maximum atomic E-state index is 12.7. The van der Waals surface area contributed by atoms with E-state index in [-0.39, 0.29) is 23.9 Å². The maximum Gasteiger partial charge on any atom is 0.175 e. The number of Topliss-reactive ketones (excluding diaryl/α,β-unsaturated/α-hetero) is 1. The van der Waals surface area contributed by atoms with Crippen LogP contribution in [0.5, 0.6) is 5.75 Å². The largest absolute Gasteiger partial charge is 0.457 e. The van der Waals surface area contributed by atoms with Crippen molar-refractivity contribution in [3.8, 4) is 5.75 Å². The van der Waals surface area contributed by atoms with E-state index in [1.807, 2.05) is 24.3 Å². The van der Waals surface area contributed by atoms with Gasteiger partial charge in [-0.2, -0.15) is 0 Å². The second kappa shape index (κ2) is 10.7. The van der Waals surface area contributed by atoms with Crippen molar-refractivity contribution in [2.24, 2.45) is 39.7 Å². The molecule has 216 valence electrons. The van der Waals surface area contributed by atoms with Crippen molar-refractivity contribution >= 4 is 22.8 Å². The summed E-state index contributed by atoms with van der Waals surface area (Å²) in [5.41, 5.74) is 10.3. The highest BCUT2D eigenvalue weighted by Crippen LogP contribution is 2.65. The molecule has 0 saturated heterocycles. The number of nitrogen functional groups attached to an aromatic ring is 1. The summed E-state index contributed by atoms with van der Waals surface area (Å²) in [5, 5.41) is 14.9. The van der Waals surface area contributed by atoms with Gasteiger partial charge in [0.05, 0.1) is 11.8 Å². The number of aliphatic hydroxyl groups is 1. The van der Waals surface area contributed by atoms with E-state index in [2.05, 4.69) is 25.6 Å². The molecule has 0 aromatic heterocycles. The summed E-state index contributed by atoms with van der Waals surface area (Å²) in [6, 6.07) is 5.66. The molecular weight excluding hydrogens is 500 g/mol. The van der Waals surface area contributed by atoms with Crippen LogP contribution in [0.1, 0.15) is 96.5 Å². The number of benzene rings is 1. The monoisotopic (exact) mass is 546 g/mol. The number of ether oxygens (including phenoxy) is 1. The summed E-state index contributed by atoms with van der Waals surface area (Å²) in [4.78, 5) is 18.4. The van der Waals surface area contributed by atoms with Gasteiger partial charge in [0.25, 0.3) is 0 Å². The van der Waals surface area contributed by atoms with Crippen LogP contribution in [0.2, 0.25) is 0 Å². The van der Waals surface area contributed by atoms with Crippen LogP contribution in [0.4, 0.5) is 5.69 Å². The molecule has 0 unspecified atom stereocenters. The fourth-order valence-corrected chi connectivity index (χ4v) is 9.44. The minimum atomic E-state index is -0.0934. The van der Waals surface area contributed by atoms with Gasteiger partial charge in [-0.05, 0) is 123 Å². The summed E-state index contributed by atoms with van der Waals surface area (Å²) >= 11 is 0. The molecule has 6 nitrogen and oxygen atoms in total. The third kappa shape index (κ3) is 4.91. The van der Waals surface area contributed by atoms with Crippen molar-refractivity contribution in [1.82, 2.24) is 0 Å². The van der Waals surface area contributed by atoms with Gasteiger partial charge in [-0.3, -0.25) is 4.79 Å². The second-order valence-corrected chi connectivity index (χ2v) is 13.8. The Morgan fingerprint density at radius 3 is 2.88 bits per heavy atom. The molecule has 6 rings (SSSR count). The number of nitrogens with two attached hydrogens (primary N) is 1. The predicted molar refractivity (Wildman–Crippen MR) is 159 cm³/mol. The fourth-order valence-electron chi connectivity index (χ4n) is 9.44. The zero-order valence-corrected chi connectivity index (χ0v) is 24.3. The van der Waals surface area contributed by atoms with Crippen molar-refractivity contribution in [2.75, 3.05) is 12.3 Å². The van der Waals surface area contributed by atoms with E-state index in [0.717, 1.165) is 67.2 Å². The number of hydrogen-bond acceptors (Lipinski definition) is 6. The zero-order chi connectivity index (χ0) is 28.1. The van der Waals surface area contributed by atoms with Crippen LogP contribution in [-0.4, -0.2) is 29.3 Å². The summed E-state index contributed by atoms with van der Waals surface area (Å²) < 4.78 is 5.72. The highest BCUT2D eigenvalue weighted by atomic mass is 16.6. The summed E-state index contributed by atoms with van der Waals surface area (Å²) in [6.07, 6.45) is 14.1. The molecule has 1 aromatic rings. The Bertz CT molecular complexity index is 1240. The Morgan fingerprint density at radius 1 is 1.18 bits per heavy atom. The molecule has 40 heavy (non-hydrogen) atoms. The van der Waals surface area contributed by atoms with Crippen LogP contribution in [0, 0.1) is 34.5 Å². The van der Waals surface area contributed by atoms with E-state index in [1.165, 1.54) is 37.8 Å². The molecule has 5 aliphatic rings. The van der Waals surface area contributed by atoms with Gasteiger partial charge in [-0.1, -0.05) is 25.6 Å². The minimum absolute atomic E-state index is 0.0420. The van der Waals surface area contributed by atoms with Gasteiger partial charge in [0.15, 0.2) is 12.4 Å². The minimum Gasteiger partial charge on any atom is -0.457 e. The standard InChI is InChI=1S/C34H46N2O4/c1-21-17-22(27-10-8-24(35)19-31(27)40-21)5-4-6-26(38)20-39-36-32-12-11-29-28-9-7-23-18-25(37)13-15-33(23,2)30(28)14-16-34(29,32)3/h8,10,17,19,23,25,28-30,37H,1,4-7,9,11-16,18,20,35H2,2-3H3/b36-32-/t23-,25+,28-,29-,30-,33-,34-/m0/s1. The molecule has 0 spiro atoms. The number of ketones is 1. The van der Waals surface area contributed by atoms with E-state index >= 15 is 0 Å². The molecule has 4 saturated carbocycles. The maximum absolute atomic E-state index is 12.7. The lowest BCUT2D eigenvalue weighted by atomic mass is 9.45. The Kier molecular flexibility index (Phi) is 7.35. The smallest absolute Gasteiger partial charge is 0.175 e. The number of anilines is 1. The van der Waals surface area contributed by atoms with Crippen LogP contribution in [-0.2, 0) is 9.63 Å². The molecule has 0 radical (unpaired) electrons. The third-order valence-electron chi connectivity index (χ3n) is 11.6. The molecule has 4 fully saturated rings. The SMILES string of the molecule is C=C1C=C(CCCC(=O)CO/N=C2/CC[C@H]3[C@@H]4CC[C@H]5C[C@H](O)CC[C@]5(C)[C@H]4CC[C@]23C)c2ccc(N)cc2O1. The molecule has 3 N–H and O–H groups in total. The Hall–Kier alpha value is -2.60. The molecule has 1 aromatic carbocycles. The topological polar surface area (TPSA) is 94.1 Å². The molecule has 0 bridgehead atoms. The van der Waals surface area contributed by atoms with E-state index < -0.39 is 0 Å². The van der Waals surface area contributed by atoms with Gasteiger partial charge < -0.3 is 20.4 Å². The molecule has 1 heterocycles. The number of nitrogens with zero attached hydrogens (tertiary/aromatic N) is 1. The van der Waals surface area contributed by atoms with Crippen LogP contribution < -0.4 is 10.5 Å². The van der Waals surface area contributed by atoms with Gasteiger partial charge >= 0.3 is 0 Å². The van der Waals surface area contributed by atoms with E-state index in [9.17, 15) is 9.90 Å². The number of rotatable bonds is 7. The average Bonchev–Trinajstić information content (AvgIpc) is 3.25. The fraction of sp³-hybridized carbons (Fsp3) is 0.647. The molecule has 4 aliphatic carbocycles. The van der Waals surface area contributed by atoms with E-state index in [1.54, 1.807) is 0 Å². The first-order chi connectivity index (χ1) is 19.2. The zero-order valence-electron chi connectivity index (χ0n) is 24.3. The van der Waals surface area contributed by atoms with Crippen molar-refractivity contribution in [2.45, 2.75) is 97.0 Å². The number of carbonyl (C=O) groups is 1. The Balaban J connectivity index is 1.02. The molecule has 6 heteroatoms. The highest BCUT2D eigenvalue weighted by molar-refractivity contribution is 5.92. The quantitative estimate of drug-likeness (QED) is 0.282. The summed E-state index contributed by atoms with van der Waals surface area (Å²) in [5.74, 6) is 4.27. The first-order valence-corrected chi connectivity index (χ1v) is 15.5. The van der Waals surface area contributed by atoms with Crippen LogP contribution >= 0.6 is 0 Å². The van der Waals surface area contributed by atoms with Crippen LogP contribution in [0.15, 0.2) is 41.8 Å². The number of oxime groups is 1. The number of carbonyl (C=O) groups excluding carboxylic acids is 1. The second-order valence-electron chi connectivity index (χ2n) is 13.8. The lowest BCUT2D eigenvalue weighted by molar-refractivity contribution is -0.123. The first kappa shape index (κ1) is 27.6. The molecule has 0 amide bonds. The van der Waals surface area contributed by atoms with E-state index in [0.29, 0.717) is 35.1 Å². The van der Waals surface area contributed by atoms with Crippen molar-refractivity contribution in [3.63, 3.8) is 0 Å². The number of hydrogen-bond donors (Lipinski definition) is 2. The molecule has 1 aliphatic heterocycles. The van der Waals surface area contributed by atoms with Gasteiger partial charge in [0, 0.05) is 29.2 Å². The van der Waals surface area contributed by atoms with Crippen LogP contribution in [0.3, 0.4) is 0 Å². The molecule has 7 atom stereocenters. The van der Waals surface area contributed by atoms with Crippen LogP contribution in [0.25, 0.3) is 5.57 Å². The third-order valence-corrected chi connectivity index (χ3v) is 11.6. The van der Waals surface area contributed by atoms with Gasteiger partial charge in [-0.15, -0.1) is 0 Å². The number of allylic oxidation sites excluding steroid dienone is 2. The summed E-state index contributed by atoms with van der Waals surface area (Å²) in [7, 11) is 0. The van der Waals surface area contributed by atoms with Crippen molar-refractivity contribution < 1.29 is 19.5 Å². The highest BCUT2D eigenvalue weighted by Gasteiger charge is 2.59. The summed E-state index contributed by atoms with van der Waals surface area (Å²) in [6.45, 7) is 8.93. The average molecular weight is 547 g/mol. The number of fused-ring (bicyclic) bond motifs is 6. The normalized spacial score (nSPS) is 37.5. The van der Waals surface area contributed by atoms with Gasteiger partial charge in [0.2, 0.25) is 0 Å². The Morgan fingerprint density at radius 2 is 2.02 bits per heavy atom. The van der Waals surface area contributed by atoms with Gasteiger partial charge in [-0.25, -0.2) is 0 Å².